The standard InChI is InChI=1S/C38H48F4O2/c1-5-6-7-8-9-16-21-34(36(2,3)4)37(29-17-12-10-13-18-29,30-19-14-11-15-20-30)43-27-32-26-33(39)35(44-32)28-22-24-31(25-23-28)38(40,41)42/h10-15,17-20,22-25,32-35H,5-9,16,21,26-27H2,1-4H3/t32-,33+,34?,35-/m0/s1. The van der Waals surface area contributed by atoms with Crippen LogP contribution in [0.15, 0.2) is 84.9 Å². The van der Waals surface area contributed by atoms with E-state index in [0.29, 0.717) is 5.56 Å². The van der Waals surface area contributed by atoms with Crippen molar-refractivity contribution in [2.45, 2.75) is 109 Å². The van der Waals surface area contributed by atoms with E-state index in [1.807, 2.05) is 36.4 Å². The Balaban J connectivity index is 1.64. The molecule has 0 radical (unpaired) electrons. The molecule has 3 aromatic carbocycles. The normalized spacial score (nSPS) is 20.1. The van der Waals surface area contributed by atoms with Crippen LogP contribution >= 0.6 is 0 Å². The molecule has 4 rings (SSSR count). The van der Waals surface area contributed by atoms with Gasteiger partial charge in [0.2, 0.25) is 0 Å². The van der Waals surface area contributed by atoms with Gasteiger partial charge in [-0.2, -0.15) is 13.2 Å². The van der Waals surface area contributed by atoms with Gasteiger partial charge in [0.05, 0.1) is 18.3 Å². The van der Waals surface area contributed by atoms with Crippen molar-refractivity contribution >= 4 is 0 Å². The van der Waals surface area contributed by atoms with Crippen LogP contribution in [0.1, 0.15) is 107 Å². The van der Waals surface area contributed by atoms with E-state index in [4.69, 9.17) is 9.47 Å². The van der Waals surface area contributed by atoms with Crippen LogP contribution in [0.5, 0.6) is 0 Å². The zero-order chi connectivity index (χ0) is 31.8. The summed E-state index contributed by atoms with van der Waals surface area (Å²) in [6, 6.07) is 25.2. The van der Waals surface area contributed by atoms with E-state index in [0.717, 1.165) is 42.5 Å². The van der Waals surface area contributed by atoms with E-state index in [1.54, 1.807) is 0 Å². The van der Waals surface area contributed by atoms with Crippen molar-refractivity contribution in [3.05, 3.63) is 107 Å². The fourth-order valence-electron chi connectivity index (χ4n) is 6.79. The number of benzene rings is 3. The lowest BCUT2D eigenvalue weighted by Crippen LogP contribution is -2.46. The van der Waals surface area contributed by atoms with Crippen molar-refractivity contribution < 1.29 is 27.0 Å². The van der Waals surface area contributed by atoms with Gasteiger partial charge in [-0.05, 0) is 40.7 Å². The zero-order valence-corrected chi connectivity index (χ0v) is 26.6. The van der Waals surface area contributed by atoms with Gasteiger partial charge >= 0.3 is 6.18 Å². The lowest BCUT2D eigenvalue weighted by atomic mass is 9.63. The molecule has 0 aromatic heterocycles. The Labute approximate surface area is 261 Å². The quantitative estimate of drug-likeness (QED) is 0.133. The van der Waals surface area contributed by atoms with Gasteiger partial charge in [-0.3, -0.25) is 0 Å². The molecule has 6 heteroatoms. The van der Waals surface area contributed by atoms with Crippen molar-refractivity contribution in [1.82, 2.24) is 0 Å². The smallest absolute Gasteiger partial charge is 0.365 e. The van der Waals surface area contributed by atoms with Gasteiger partial charge in [0.25, 0.3) is 0 Å². The molecule has 0 amide bonds. The fourth-order valence-corrected chi connectivity index (χ4v) is 6.79. The summed E-state index contributed by atoms with van der Waals surface area (Å²) in [6.07, 6.45) is 0.994. The maximum Gasteiger partial charge on any atom is 0.416 e. The fraction of sp³-hybridized carbons (Fsp3) is 0.526. The number of rotatable bonds is 14. The lowest BCUT2D eigenvalue weighted by molar-refractivity contribution is -0.137. The van der Waals surface area contributed by atoms with Gasteiger partial charge in [0.1, 0.15) is 17.9 Å². The number of ether oxygens (including phenoxy) is 2. The van der Waals surface area contributed by atoms with Gasteiger partial charge in [-0.1, -0.05) is 139 Å². The second-order valence-electron chi connectivity index (χ2n) is 13.3. The Hall–Kier alpha value is -2.70. The SMILES string of the molecule is CCCCCCCCC(C(C)(C)C)C(OC[C@@H]1C[C@@H](F)[C@H](c2ccc(C(F)(F)F)cc2)O1)(c1ccccc1)c1ccccc1. The summed E-state index contributed by atoms with van der Waals surface area (Å²) in [6.45, 7) is 9.19. The molecule has 1 saturated heterocycles. The van der Waals surface area contributed by atoms with Gasteiger partial charge in [0, 0.05) is 12.3 Å². The maximum atomic E-state index is 15.4. The molecule has 1 fully saturated rings. The van der Waals surface area contributed by atoms with E-state index in [2.05, 4.69) is 52.0 Å². The van der Waals surface area contributed by atoms with E-state index < -0.39 is 35.7 Å². The minimum atomic E-state index is -4.45. The highest BCUT2D eigenvalue weighted by molar-refractivity contribution is 5.38. The average molecular weight is 613 g/mol. The number of hydrogen-bond acceptors (Lipinski definition) is 2. The van der Waals surface area contributed by atoms with Crippen molar-refractivity contribution in [3.8, 4) is 0 Å². The van der Waals surface area contributed by atoms with Crippen LogP contribution in [0.3, 0.4) is 0 Å². The Morgan fingerprint density at radius 1 is 0.750 bits per heavy atom. The molecule has 0 bridgehead atoms. The molecule has 3 aromatic rings. The predicted molar refractivity (Wildman–Crippen MR) is 169 cm³/mol. The van der Waals surface area contributed by atoms with Gasteiger partial charge in [-0.25, -0.2) is 4.39 Å². The molecule has 1 aliphatic rings. The first-order valence-electron chi connectivity index (χ1n) is 16.2. The van der Waals surface area contributed by atoms with Crippen molar-refractivity contribution in [2.24, 2.45) is 11.3 Å². The molecule has 2 nitrogen and oxygen atoms in total. The Kier molecular flexibility index (Phi) is 11.7. The first-order chi connectivity index (χ1) is 21.0. The monoisotopic (exact) mass is 612 g/mol. The van der Waals surface area contributed by atoms with Crippen LogP contribution in [0, 0.1) is 11.3 Å². The first-order valence-corrected chi connectivity index (χ1v) is 16.2. The predicted octanol–water partition coefficient (Wildman–Crippen LogP) is 11.2. The minimum Gasteiger partial charge on any atom is -0.365 e. The average Bonchev–Trinajstić information content (AvgIpc) is 3.38. The molecule has 0 saturated carbocycles. The molecule has 1 heterocycles. The van der Waals surface area contributed by atoms with E-state index in [-0.39, 0.29) is 24.4 Å². The highest BCUT2D eigenvalue weighted by Crippen LogP contribution is 2.51. The number of alkyl halides is 4. The van der Waals surface area contributed by atoms with Gasteiger partial charge < -0.3 is 9.47 Å². The Morgan fingerprint density at radius 2 is 1.30 bits per heavy atom. The van der Waals surface area contributed by atoms with Crippen LogP contribution in [0.2, 0.25) is 0 Å². The number of unbranched alkanes of at least 4 members (excludes halogenated alkanes) is 5. The molecule has 240 valence electrons. The molecule has 4 atom stereocenters. The molecule has 1 unspecified atom stereocenters. The highest BCUT2D eigenvalue weighted by atomic mass is 19.4. The minimum absolute atomic E-state index is 0.0965. The topological polar surface area (TPSA) is 18.5 Å². The second-order valence-corrected chi connectivity index (χ2v) is 13.3. The third-order valence-electron chi connectivity index (χ3n) is 9.01. The summed E-state index contributed by atoms with van der Waals surface area (Å²) in [7, 11) is 0. The van der Waals surface area contributed by atoms with Crippen molar-refractivity contribution in [3.63, 3.8) is 0 Å². The van der Waals surface area contributed by atoms with Crippen molar-refractivity contribution in [2.75, 3.05) is 6.61 Å². The third kappa shape index (κ3) is 8.31. The van der Waals surface area contributed by atoms with E-state index in [1.165, 1.54) is 37.8 Å². The van der Waals surface area contributed by atoms with Crippen molar-refractivity contribution in [1.29, 1.82) is 0 Å². The van der Waals surface area contributed by atoms with Gasteiger partial charge in [0.15, 0.2) is 0 Å². The number of hydrogen-bond donors (Lipinski definition) is 0. The molecular formula is C38H48F4O2. The van der Waals surface area contributed by atoms with Crippen LogP contribution in [0.4, 0.5) is 17.6 Å². The molecule has 0 spiro atoms. The first kappa shape index (κ1) is 34.2. The second kappa shape index (κ2) is 15.1. The van der Waals surface area contributed by atoms with Crippen LogP contribution in [-0.4, -0.2) is 18.9 Å². The number of halogens is 4. The summed E-state index contributed by atoms with van der Waals surface area (Å²) in [5.74, 6) is 0.0965. The summed E-state index contributed by atoms with van der Waals surface area (Å²) < 4.78 is 68.0. The lowest BCUT2D eigenvalue weighted by Gasteiger charge is -2.48. The van der Waals surface area contributed by atoms with Crippen LogP contribution in [-0.2, 0) is 21.3 Å². The molecule has 0 N–H and O–H groups in total. The summed E-state index contributed by atoms with van der Waals surface area (Å²) >= 11 is 0. The highest BCUT2D eigenvalue weighted by Gasteiger charge is 2.49. The zero-order valence-electron chi connectivity index (χ0n) is 26.6. The van der Waals surface area contributed by atoms with E-state index >= 15 is 4.39 Å². The largest absolute Gasteiger partial charge is 0.416 e. The summed E-state index contributed by atoms with van der Waals surface area (Å²) in [5.41, 5.74) is 0.796. The molecule has 44 heavy (non-hydrogen) atoms. The van der Waals surface area contributed by atoms with E-state index in [9.17, 15) is 13.2 Å². The molecular weight excluding hydrogens is 564 g/mol. The van der Waals surface area contributed by atoms with Crippen LogP contribution < -0.4 is 0 Å². The molecule has 1 aliphatic heterocycles. The molecule has 0 aliphatic carbocycles. The maximum absolute atomic E-state index is 15.4. The Bertz CT molecular complexity index is 1210. The van der Waals surface area contributed by atoms with Gasteiger partial charge in [-0.15, -0.1) is 0 Å². The summed E-state index contributed by atoms with van der Waals surface area (Å²) in [4.78, 5) is 0. The van der Waals surface area contributed by atoms with Crippen LogP contribution in [0.25, 0.3) is 0 Å². The Morgan fingerprint density at radius 3 is 1.82 bits per heavy atom. The summed E-state index contributed by atoms with van der Waals surface area (Å²) in [5, 5.41) is 0. The third-order valence-corrected chi connectivity index (χ3v) is 9.01.